The van der Waals surface area contributed by atoms with Crippen LogP contribution in [0.2, 0.25) is 0 Å². The van der Waals surface area contributed by atoms with Crippen molar-refractivity contribution in [2.75, 3.05) is 31.1 Å². The van der Waals surface area contributed by atoms with Crippen molar-refractivity contribution >= 4 is 21.6 Å². The molecule has 0 aliphatic carbocycles. The Balaban J connectivity index is 1.91. The maximum Gasteiger partial charge on any atom is 0.243 e. The molecule has 0 spiro atoms. The standard InChI is InChI=1S/C16H22N2O4S/c1-12-5-7-17(8-6-12)23(20,21)14-3-4-15-16(11-14)22-10-9-18(15)13(2)19/h3-4,11-12H,5-10H2,1-2H3. The third kappa shape index (κ3) is 3.07. The van der Waals surface area contributed by atoms with Crippen molar-refractivity contribution in [1.82, 2.24) is 4.31 Å². The molecule has 126 valence electrons. The zero-order chi connectivity index (χ0) is 16.6. The zero-order valence-corrected chi connectivity index (χ0v) is 14.3. The number of anilines is 1. The summed E-state index contributed by atoms with van der Waals surface area (Å²) in [5, 5.41) is 0. The molecule has 6 nitrogen and oxygen atoms in total. The molecule has 0 N–H and O–H groups in total. The quantitative estimate of drug-likeness (QED) is 0.825. The number of piperidine rings is 1. The number of nitrogens with zero attached hydrogens (tertiary/aromatic N) is 2. The van der Waals surface area contributed by atoms with Crippen LogP contribution >= 0.6 is 0 Å². The van der Waals surface area contributed by atoms with Crippen LogP contribution in [0.5, 0.6) is 5.75 Å². The highest BCUT2D eigenvalue weighted by molar-refractivity contribution is 7.89. The van der Waals surface area contributed by atoms with Crippen molar-refractivity contribution < 1.29 is 17.9 Å². The Morgan fingerprint density at radius 1 is 1.22 bits per heavy atom. The fourth-order valence-corrected chi connectivity index (χ4v) is 4.55. The smallest absolute Gasteiger partial charge is 0.243 e. The summed E-state index contributed by atoms with van der Waals surface area (Å²) < 4.78 is 32.7. The summed E-state index contributed by atoms with van der Waals surface area (Å²) in [6.07, 6.45) is 1.78. The molecule has 0 bridgehead atoms. The fraction of sp³-hybridized carbons (Fsp3) is 0.562. The summed E-state index contributed by atoms with van der Waals surface area (Å²) in [6.45, 7) is 5.61. The lowest BCUT2D eigenvalue weighted by Gasteiger charge is -2.31. The van der Waals surface area contributed by atoms with Crippen molar-refractivity contribution in [3.8, 4) is 5.75 Å². The third-order valence-electron chi connectivity index (χ3n) is 4.56. The average Bonchev–Trinajstić information content (AvgIpc) is 2.54. The maximum absolute atomic E-state index is 12.8. The highest BCUT2D eigenvalue weighted by Gasteiger charge is 2.30. The number of rotatable bonds is 2. The van der Waals surface area contributed by atoms with Crippen LogP contribution in [-0.4, -0.2) is 44.9 Å². The molecule has 2 aliphatic rings. The molecule has 0 radical (unpaired) electrons. The van der Waals surface area contributed by atoms with Gasteiger partial charge in [-0.3, -0.25) is 4.79 Å². The molecule has 1 aromatic carbocycles. The van der Waals surface area contributed by atoms with Gasteiger partial charge in [0, 0.05) is 26.1 Å². The first kappa shape index (κ1) is 16.3. The van der Waals surface area contributed by atoms with Gasteiger partial charge in [-0.25, -0.2) is 8.42 Å². The molecule has 0 atom stereocenters. The molecule has 1 saturated heterocycles. The number of sulfonamides is 1. The lowest BCUT2D eigenvalue weighted by molar-refractivity contribution is -0.116. The van der Waals surface area contributed by atoms with E-state index >= 15 is 0 Å². The summed E-state index contributed by atoms with van der Waals surface area (Å²) in [6, 6.07) is 4.77. The van der Waals surface area contributed by atoms with Crippen LogP contribution in [0.3, 0.4) is 0 Å². The van der Waals surface area contributed by atoms with Gasteiger partial charge in [-0.1, -0.05) is 6.92 Å². The highest BCUT2D eigenvalue weighted by Crippen LogP contribution is 2.35. The molecule has 3 rings (SSSR count). The Morgan fingerprint density at radius 3 is 2.57 bits per heavy atom. The molecule has 7 heteroatoms. The number of carbonyl (C=O) groups excluding carboxylic acids is 1. The first-order valence-electron chi connectivity index (χ1n) is 7.94. The van der Waals surface area contributed by atoms with Crippen molar-refractivity contribution in [1.29, 1.82) is 0 Å². The SMILES string of the molecule is CC(=O)N1CCOc2cc(S(=O)(=O)N3CCC(C)CC3)ccc21. The average molecular weight is 338 g/mol. The van der Waals surface area contributed by atoms with E-state index in [9.17, 15) is 13.2 Å². The minimum absolute atomic E-state index is 0.0739. The van der Waals surface area contributed by atoms with E-state index in [4.69, 9.17) is 4.74 Å². The first-order valence-corrected chi connectivity index (χ1v) is 9.38. The molecule has 0 saturated carbocycles. The van der Waals surface area contributed by atoms with Crippen LogP contribution in [0.1, 0.15) is 26.7 Å². The van der Waals surface area contributed by atoms with Gasteiger partial charge in [0.2, 0.25) is 15.9 Å². The monoisotopic (exact) mass is 338 g/mol. The molecule has 23 heavy (non-hydrogen) atoms. The van der Waals surface area contributed by atoms with E-state index in [1.165, 1.54) is 13.0 Å². The second kappa shape index (κ2) is 6.13. The minimum Gasteiger partial charge on any atom is -0.489 e. The molecule has 1 amide bonds. The number of hydrogen-bond acceptors (Lipinski definition) is 4. The normalized spacial score (nSPS) is 20.0. The van der Waals surface area contributed by atoms with E-state index in [-0.39, 0.29) is 10.8 Å². The molecule has 1 fully saturated rings. The van der Waals surface area contributed by atoms with E-state index in [1.54, 1.807) is 21.3 Å². The van der Waals surface area contributed by atoms with E-state index in [2.05, 4.69) is 6.92 Å². The number of amides is 1. The van der Waals surface area contributed by atoms with Gasteiger partial charge in [-0.15, -0.1) is 0 Å². The second-order valence-corrected chi connectivity index (χ2v) is 8.17. The summed E-state index contributed by atoms with van der Waals surface area (Å²) >= 11 is 0. The molecule has 1 aromatic rings. The Hall–Kier alpha value is -1.60. The predicted molar refractivity (Wildman–Crippen MR) is 87.1 cm³/mol. The lowest BCUT2D eigenvalue weighted by atomic mass is 10.0. The Bertz CT molecular complexity index is 709. The van der Waals surface area contributed by atoms with Gasteiger partial charge in [0.05, 0.1) is 17.1 Å². The van der Waals surface area contributed by atoms with Gasteiger partial charge in [0.15, 0.2) is 0 Å². The number of ether oxygens (including phenoxy) is 1. The number of carbonyl (C=O) groups is 1. The summed E-state index contributed by atoms with van der Waals surface area (Å²) in [4.78, 5) is 13.5. The van der Waals surface area contributed by atoms with Crippen molar-refractivity contribution in [3.63, 3.8) is 0 Å². The number of hydrogen-bond donors (Lipinski definition) is 0. The first-order chi connectivity index (χ1) is 10.9. The highest BCUT2D eigenvalue weighted by atomic mass is 32.2. The van der Waals surface area contributed by atoms with Gasteiger partial charge in [-0.2, -0.15) is 4.31 Å². The lowest BCUT2D eigenvalue weighted by Crippen LogP contribution is -2.38. The number of benzene rings is 1. The topological polar surface area (TPSA) is 66.9 Å². The fourth-order valence-electron chi connectivity index (χ4n) is 3.06. The van der Waals surface area contributed by atoms with Crippen molar-refractivity contribution in [2.45, 2.75) is 31.6 Å². The Morgan fingerprint density at radius 2 is 1.91 bits per heavy atom. The van der Waals surface area contributed by atoms with Crippen molar-refractivity contribution in [3.05, 3.63) is 18.2 Å². The van der Waals surface area contributed by atoms with Gasteiger partial charge in [0.1, 0.15) is 12.4 Å². The third-order valence-corrected chi connectivity index (χ3v) is 6.45. The van der Waals surface area contributed by atoms with E-state index in [0.29, 0.717) is 43.6 Å². The summed E-state index contributed by atoms with van der Waals surface area (Å²) in [5.41, 5.74) is 0.634. The molecule has 2 heterocycles. The maximum atomic E-state index is 12.8. The van der Waals surface area contributed by atoms with Crippen LogP contribution in [0, 0.1) is 5.92 Å². The summed E-state index contributed by atoms with van der Waals surface area (Å²) in [5.74, 6) is 0.950. The van der Waals surface area contributed by atoms with E-state index < -0.39 is 10.0 Å². The minimum atomic E-state index is -3.51. The van der Waals surface area contributed by atoms with Gasteiger partial charge in [0.25, 0.3) is 0 Å². The van der Waals surface area contributed by atoms with Crippen LogP contribution < -0.4 is 9.64 Å². The molecular formula is C16H22N2O4S. The van der Waals surface area contributed by atoms with E-state index in [1.807, 2.05) is 0 Å². The molecule has 0 unspecified atom stereocenters. The van der Waals surface area contributed by atoms with Gasteiger partial charge < -0.3 is 9.64 Å². The zero-order valence-electron chi connectivity index (χ0n) is 13.5. The second-order valence-electron chi connectivity index (χ2n) is 6.24. The van der Waals surface area contributed by atoms with Crippen LogP contribution in [0.25, 0.3) is 0 Å². The molecule has 0 aromatic heterocycles. The molecular weight excluding hydrogens is 316 g/mol. The largest absolute Gasteiger partial charge is 0.489 e. The number of fused-ring (bicyclic) bond motifs is 1. The van der Waals surface area contributed by atoms with Crippen LogP contribution in [-0.2, 0) is 14.8 Å². The predicted octanol–water partition coefficient (Wildman–Crippen LogP) is 1.85. The Labute approximate surface area is 137 Å². The van der Waals surface area contributed by atoms with E-state index in [0.717, 1.165) is 12.8 Å². The van der Waals surface area contributed by atoms with Gasteiger partial charge in [-0.05, 0) is 30.9 Å². The van der Waals surface area contributed by atoms with Gasteiger partial charge >= 0.3 is 0 Å². The van der Waals surface area contributed by atoms with Crippen molar-refractivity contribution in [2.24, 2.45) is 5.92 Å². The van der Waals surface area contributed by atoms with Crippen LogP contribution in [0.15, 0.2) is 23.1 Å². The molecule has 2 aliphatic heterocycles. The van der Waals surface area contributed by atoms with Crippen LogP contribution in [0.4, 0.5) is 5.69 Å². The summed E-state index contributed by atoms with van der Waals surface area (Å²) in [7, 11) is -3.51. The Kier molecular flexibility index (Phi) is 4.33.